The number of carbonyl (C=O) groups excluding carboxylic acids is 1. The Morgan fingerprint density at radius 1 is 1.11 bits per heavy atom. The number of hydrogen-bond acceptors (Lipinski definition) is 8. The summed E-state index contributed by atoms with van der Waals surface area (Å²) in [6.45, 7) is 15.9. The summed E-state index contributed by atoms with van der Waals surface area (Å²) < 4.78 is 18.5. The Balaban J connectivity index is 0.00000188. The molecule has 0 atom stereocenters. The van der Waals surface area contributed by atoms with Crippen LogP contribution in [-0.4, -0.2) is 53.4 Å². The summed E-state index contributed by atoms with van der Waals surface area (Å²) in [5.74, 6) is 2.63. The van der Waals surface area contributed by atoms with Gasteiger partial charge in [-0.25, -0.2) is 14.8 Å². The van der Waals surface area contributed by atoms with Crippen molar-refractivity contribution in [2.45, 2.75) is 79.2 Å². The van der Waals surface area contributed by atoms with E-state index in [1.807, 2.05) is 45.7 Å². The minimum atomic E-state index is -0.486. The van der Waals surface area contributed by atoms with E-state index in [1.54, 1.807) is 18.4 Å². The maximum absolute atomic E-state index is 12.6. The van der Waals surface area contributed by atoms with Crippen LogP contribution in [-0.2, 0) is 11.2 Å². The average molecular weight is 617 g/mol. The van der Waals surface area contributed by atoms with Gasteiger partial charge in [0.05, 0.1) is 35.8 Å². The highest BCUT2D eigenvalue weighted by Gasteiger charge is 2.31. The molecule has 1 amide bonds. The minimum absolute atomic E-state index is 0.226. The third-order valence-corrected chi connectivity index (χ3v) is 8.99. The third-order valence-electron chi connectivity index (χ3n) is 7.96. The molecule has 0 unspecified atom stereocenters. The van der Waals surface area contributed by atoms with Crippen LogP contribution in [0.1, 0.15) is 74.9 Å². The van der Waals surface area contributed by atoms with Gasteiger partial charge in [-0.15, -0.1) is 11.3 Å². The largest absolute Gasteiger partial charge is 0.496 e. The third kappa shape index (κ3) is 6.48. The summed E-state index contributed by atoms with van der Waals surface area (Å²) in [6, 6.07) is 10.6. The predicted octanol–water partition coefficient (Wildman–Crippen LogP) is 8.80. The number of aryl methyl sites for hydroxylation is 2. The van der Waals surface area contributed by atoms with E-state index < -0.39 is 5.60 Å². The maximum atomic E-state index is 12.6. The lowest BCUT2D eigenvalue weighted by Gasteiger charge is -2.34. The first-order chi connectivity index (χ1) is 21.1. The molecule has 1 fully saturated rings. The van der Waals surface area contributed by atoms with E-state index in [0.717, 1.165) is 63.4 Å². The number of rotatable bonds is 5. The van der Waals surface area contributed by atoms with E-state index >= 15 is 0 Å². The smallest absolute Gasteiger partial charge is 0.410 e. The van der Waals surface area contributed by atoms with Crippen LogP contribution in [0.4, 0.5) is 16.4 Å². The molecule has 0 spiro atoms. The number of nitrogens with zero attached hydrogens (tertiary/aromatic N) is 3. The van der Waals surface area contributed by atoms with Crippen molar-refractivity contribution in [3.63, 3.8) is 0 Å². The molecule has 2 aliphatic heterocycles. The molecule has 4 heterocycles. The van der Waals surface area contributed by atoms with Crippen molar-refractivity contribution in [3.8, 4) is 22.6 Å². The Kier molecular flexibility index (Phi) is 9.34. The zero-order valence-electron chi connectivity index (χ0n) is 27.2. The first-order valence-corrected chi connectivity index (χ1v) is 16.4. The van der Waals surface area contributed by atoms with E-state index in [1.165, 1.54) is 16.0 Å². The number of amides is 1. The van der Waals surface area contributed by atoms with E-state index in [2.05, 4.69) is 54.5 Å². The average Bonchev–Trinajstić information content (AvgIpc) is 3.62. The van der Waals surface area contributed by atoms with Crippen LogP contribution >= 0.6 is 11.3 Å². The first-order valence-electron chi connectivity index (χ1n) is 15.6. The molecule has 44 heavy (non-hydrogen) atoms. The van der Waals surface area contributed by atoms with Gasteiger partial charge >= 0.3 is 6.09 Å². The number of fused-ring (bicyclic) bond motifs is 2. The summed E-state index contributed by atoms with van der Waals surface area (Å²) in [5, 5.41) is 3.45. The van der Waals surface area contributed by atoms with Crippen LogP contribution in [0.5, 0.6) is 11.5 Å². The van der Waals surface area contributed by atoms with Crippen LogP contribution in [0.25, 0.3) is 21.3 Å². The fraction of sp³-hybridized carbons (Fsp3) is 0.457. The van der Waals surface area contributed by atoms with Gasteiger partial charge in [-0.05, 0) is 76.6 Å². The van der Waals surface area contributed by atoms with Crippen molar-refractivity contribution in [2.75, 3.05) is 32.1 Å². The second-order valence-electron chi connectivity index (χ2n) is 12.1. The summed E-state index contributed by atoms with van der Waals surface area (Å²) in [5.41, 5.74) is 7.11. The number of thiophene rings is 1. The monoisotopic (exact) mass is 616 g/mol. The molecular formula is C35H44N4O4S. The molecule has 0 radical (unpaired) electrons. The normalized spacial score (nSPS) is 14.9. The van der Waals surface area contributed by atoms with Crippen LogP contribution in [0.2, 0.25) is 0 Å². The molecule has 1 N–H and O–H groups in total. The minimum Gasteiger partial charge on any atom is -0.496 e. The predicted molar refractivity (Wildman–Crippen MR) is 179 cm³/mol. The molecule has 6 rings (SSSR count). The van der Waals surface area contributed by atoms with Crippen molar-refractivity contribution < 1.29 is 19.0 Å². The van der Waals surface area contributed by atoms with Crippen molar-refractivity contribution in [2.24, 2.45) is 0 Å². The van der Waals surface area contributed by atoms with Gasteiger partial charge in [0.1, 0.15) is 17.1 Å². The lowest BCUT2D eigenvalue weighted by molar-refractivity contribution is 0.0204. The Hall–Kier alpha value is -3.85. The summed E-state index contributed by atoms with van der Waals surface area (Å²) in [7, 11) is 1.71. The van der Waals surface area contributed by atoms with E-state index in [-0.39, 0.29) is 6.09 Å². The molecule has 1 saturated heterocycles. The number of likely N-dealkylation sites (tertiary alicyclic amines) is 1. The number of hydrogen-bond donors (Lipinski definition) is 1. The summed E-state index contributed by atoms with van der Waals surface area (Å²) >= 11 is 1.69. The fourth-order valence-electron chi connectivity index (χ4n) is 6.01. The number of carbonyl (C=O) groups is 1. The van der Waals surface area contributed by atoms with Gasteiger partial charge in [-0.1, -0.05) is 32.0 Å². The van der Waals surface area contributed by atoms with Crippen LogP contribution < -0.4 is 14.8 Å². The van der Waals surface area contributed by atoms with Crippen molar-refractivity contribution >= 4 is 39.3 Å². The number of aromatic nitrogens is 2. The van der Waals surface area contributed by atoms with Crippen LogP contribution in [0.3, 0.4) is 0 Å². The second-order valence-corrected chi connectivity index (χ2v) is 13.4. The molecule has 8 nitrogen and oxygen atoms in total. The van der Waals surface area contributed by atoms with E-state index in [0.29, 0.717) is 31.6 Å². The zero-order chi connectivity index (χ0) is 31.6. The van der Waals surface area contributed by atoms with Crippen molar-refractivity contribution in [1.29, 1.82) is 0 Å². The van der Waals surface area contributed by atoms with E-state index in [9.17, 15) is 4.79 Å². The molecular weight excluding hydrogens is 572 g/mol. The highest BCUT2D eigenvalue weighted by atomic mass is 32.1. The molecule has 0 bridgehead atoms. The van der Waals surface area contributed by atoms with Gasteiger partial charge in [0.25, 0.3) is 0 Å². The quantitative estimate of drug-likeness (QED) is 0.240. The Labute approximate surface area is 264 Å². The lowest BCUT2D eigenvalue weighted by atomic mass is 9.85. The molecule has 4 aromatic rings. The number of nitrogens with one attached hydrogen (secondary N) is 1. The van der Waals surface area contributed by atoms with E-state index in [4.69, 9.17) is 19.2 Å². The molecule has 2 aromatic heterocycles. The van der Waals surface area contributed by atoms with Gasteiger partial charge in [0.15, 0.2) is 0 Å². The Bertz CT molecular complexity index is 1650. The van der Waals surface area contributed by atoms with Gasteiger partial charge in [-0.2, -0.15) is 0 Å². The summed E-state index contributed by atoms with van der Waals surface area (Å²) in [4.78, 5) is 25.2. The lowest BCUT2D eigenvalue weighted by Crippen LogP contribution is -2.41. The highest BCUT2D eigenvalue weighted by molar-refractivity contribution is 7.19. The molecule has 0 aliphatic carbocycles. The van der Waals surface area contributed by atoms with Gasteiger partial charge < -0.3 is 24.4 Å². The SMILES string of the molecule is CC.COc1cc(C)ccc1-c1c(C)sc2cnc(Nc3ccc(C4CCN(C(=O)OC(C)(C)C)CC4)c4c3OCC4)nc12. The highest BCUT2D eigenvalue weighted by Crippen LogP contribution is 2.44. The van der Waals surface area contributed by atoms with Gasteiger partial charge in [0, 0.05) is 41.1 Å². The fourth-order valence-corrected chi connectivity index (χ4v) is 7.00. The standard InChI is InChI=1S/C33H38N4O4S.C2H6/c1-19-7-8-24(26(17-19)39-6)28-20(2)42-27-18-34-31(36-29(27)28)35-25-10-9-22(23-13-16-40-30(23)25)21-11-14-37(15-12-21)32(38)41-33(3,4)5;1-2/h7-10,17-18,21H,11-16H2,1-6H3,(H,34,35,36);1-2H3. The van der Waals surface area contributed by atoms with Crippen molar-refractivity contribution in [3.05, 3.63) is 58.1 Å². The number of ether oxygens (including phenoxy) is 3. The molecule has 234 valence electrons. The number of anilines is 2. The number of benzene rings is 2. The van der Waals surface area contributed by atoms with Crippen molar-refractivity contribution in [1.82, 2.24) is 14.9 Å². The maximum Gasteiger partial charge on any atom is 0.410 e. The first kappa shape index (κ1) is 31.6. The number of methoxy groups -OCH3 is 1. The molecule has 2 aromatic carbocycles. The van der Waals surface area contributed by atoms with Gasteiger partial charge in [0.2, 0.25) is 5.95 Å². The zero-order valence-corrected chi connectivity index (χ0v) is 28.0. The Morgan fingerprint density at radius 2 is 1.86 bits per heavy atom. The molecule has 0 saturated carbocycles. The second kappa shape index (κ2) is 13.0. The van der Waals surface area contributed by atoms with Crippen LogP contribution in [0, 0.1) is 13.8 Å². The molecule has 9 heteroatoms. The number of piperidine rings is 1. The summed E-state index contributed by atoms with van der Waals surface area (Å²) in [6.07, 6.45) is 4.34. The Morgan fingerprint density at radius 3 is 2.57 bits per heavy atom. The topological polar surface area (TPSA) is 85.8 Å². The molecule has 2 aliphatic rings. The van der Waals surface area contributed by atoms with Gasteiger partial charge in [-0.3, -0.25) is 0 Å². The van der Waals surface area contributed by atoms with Crippen LogP contribution in [0.15, 0.2) is 36.5 Å².